The quantitative estimate of drug-likeness (QED) is 0.177. The molecule has 0 N–H and O–H groups in total. The molecule has 3 heteroatoms. The summed E-state index contributed by atoms with van der Waals surface area (Å²) in [4.78, 5) is 5.16. The van der Waals surface area contributed by atoms with Crippen molar-refractivity contribution >= 4 is 54.4 Å². The molecule has 0 aliphatic heterocycles. The Labute approximate surface area is 312 Å². The van der Waals surface area contributed by atoms with E-state index in [1.54, 1.807) is 0 Å². The highest BCUT2D eigenvalue weighted by molar-refractivity contribution is 6.13. The number of aromatic nitrogens is 3. The van der Waals surface area contributed by atoms with E-state index in [4.69, 9.17) is 4.98 Å². The largest absolute Gasteiger partial charge is 0.309 e. The molecule has 252 valence electrons. The van der Waals surface area contributed by atoms with Gasteiger partial charge in [0, 0.05) is 38.1 Å². The number of benzene rings is 8. The van der Waals surface area contributed by atoms with Crippen LogP contribution in [-0.2, 0) is 0 Å². The summed E-state index contributed by atoms with van der Waals surface area (Å²) in [7, 11) is 0. The molecule has 0 spiro atoms. The number of hydrogen-bond donors (Lipinski definition) is 0. The Morgan fingerprint density at radius 1 is 0.296 bits per heavy atom. The van der Waals surface area contributed by atoms with E-state index in [-0.39, 0.29) is 0 Å². The van der Waals surface area contributed by atoms with Gasteiger partial charge in [-0.25, -0.2) is 4.98 Å². The predicted molar refractivity (Wildman–Crippen MR) is 227 cm³/mol. The summed E-state index contributed by atoms with van der Waals surface area (Å²) in [6, 6.07) is 72.1. The number of nitrogens with zero attached hydrogens (tertiary/aromatic N) is 3. The average molecular weight is 688 g/mol. The third-order valence-corrected chi connectivity index (χ3v) is 10.9. The van der Waals surface area contributed by atoms with Gasteiger partial charge in [-0.2, -0.15) is 0 Å². The van der Waals surface area contributed by atoms with Crippen molar-refractivity contribution in [3.05, 3.63) is 200 Å². The van der Waals surface area contributed by atoms with Gasteiger partial charge >= 0.3 is 0 Å². The van der Waals surface area contributed by atoms with Gasteiger partial charge in [-0.1, -0.05) is 146 Å². The van der Waals surface area contributed by atoms with E-state index in [0.29, 0.717) is 0 Å². The van der Waals surface area contributed by atoms with E-state index in [9.17, 15) is 0 Å². The third kappa shape index (κ3) is 4.79. The van der Waals surface area contributed by atoms with Gasteiger partial charge in [-0.05, 0) is 71.1 Å². The summed E-state index contributed by atoms with van der Waals surface area (Å²) in [5.41, 5.74) is 13.5. The molecule has 0 bridgehead atoms. The monoisotopic (exact) mass is 687 g/mol. The molecule has 0 aliphatic rings. The molecule has 0 radical (unpaired) electrons. The highest BCUT2D eigenvalue weighted by Gasteiger charge is 2.18. The van der Waals surface area contributed by atoms with Gasteiger partial charge in [0.05, 0.1) is 44.8 Å². The maximum Gasteiger partial charge on any atom is 0.0730 e. The maximum absolute atomic E-state index is 5.16. The summed E-state index contributed by atoms with van der Waals surface area (Å²) in [5, 5.41) is 7.43. The van der Waals surface area contributed by atoms with Gasteiger partial charge in [0.25, 0.3) is 0 Å². The Morgan fingerprint density at radius 3 is 1.37 bits per heavy atom. The lowest BCUT2D eigenvalue weighted by molar-refractivity contribution is 1.16. The highest BCUT2D eigenvalue weighted by atomic mass is 15.0. The number of para-hydroxylation sites is 2. The zero-order valence-electron chi connectivity index (χ0n) is 29.4. The summed E-state index contributed by atoms with van der Waals surface area (Å²) < 4.78 is 4.83. The number of hydrogen-bond acceptors (Lipinski definition) is 1. The number of pyridine rings is 1. The van der Waals surface area contributed by atoms with Gasteiger partial charge in [0.15, 0.2) is 0 Å². The molecule has 3 aromatic heterocycles. The SMILES string of the molecule is c1ccc(-c2cc(-n3c4ccccc4c4cc(-c5ccc6c(c5)c5ccccc5n6-c5cccc6ccccc56)ccc43)cc(-c3ccccc3)n2)cc1. The molecule has 0 fully saturated rings. The molecule has 8 aromatic carbocycles. The van der Waals surface area contributed by atoms with Crippen molar-refractivity contribution in [2.75, 3.05) is 0 Å². The van der Waals surface area contributed by atoms with Crippen LogP contribution in [0.15, 0.2) is 200 Å². The molecule has 11 aromatic rings. The van der Waals surface area contributed by atoms with Crippen LogP contribution in [0.25, 0.3) is 99.4 Å². The van der Waals surface area contributed by atoms with Gasteiger partial charge < -0.3 is 9.13 Å². The van der Waals surface area contributed by atoms with Crippen LogP contribution in [0, 0.1) is 0 Å². The Kier molecular flexibility index (Phi) is 6.86. The molecule has 3 heterocycles. The Balaban J connectivity index is 1.10. The Hall–Kier alpha value is -7.23. The molecule has 11 rings (SSSR count). The van der Waals surface area contributed by atoms with E-state index in [1.807, 2.05) is 0 Å². The molecule has 0 aliphatic carbocycles. The second kappa shape index (κ2) is 12.2. The highest BCUT2D eigenvalue weighted by Crippen LogP contribution is 2.40. The lowest BCUT2D eigenvalue weighted by atomic mass is 10.0. The van der Waals surface area contributed by atoms with Crippen LogP contribution in [-0.4, -0.2) is 14.1 Å². The molecule has 3 nitrogen and oxygen atoms in total. The van der Waals surface area contributed by atoms with Crippen molar-refractivity contribution in [3.8, 4) is 45.0 Å². The molecule has 0 saturated carbocycles. The molecule has 0 atom stereocenters. The number of rotatable bonds is 5. The normalized spacial score (nSPS) is 11.7. The minimum Gasteiger partial charge on any atom is -0.309 e. The molecule has 0 amide bonds. The zero-order valence-corrected chi connectivity index (χ0v) is 29.4. The molecule has 0 unspecified atom stereocenters. The van der Waals surface area contributed by atoms with Crippen LogP contribution >= 0.6 is 0 Å². The summed E-state index contributed by atoms with van der Waals surface area (Å²) in [5.74, 6) is 0. The van der Waals surface area contributed by atoms with Crippen molar-refractivity contribution in [1.29, 1.82) is 0 Å². The summed E-state index contributed by atoms with van der Waals surface area (Å²) in [6.45, 7) is 0. The Morgan fingerprint density at radius 2 is 0.759 bits per heavy atom. The van der Waals surface area contributed by atoms with E-state index < -0.39 is 0 Å². The van der Waals surface area contributed by atoms with Crippen molar-refractivity contribution < 1.29 is 0 Å². The zero-order chi connectivity index (χ0) is 35.6. The van der Waals surface area contributed by atoms with Gasteiger partial charge in [-0.15, -0.1) is 0 Å². The van der Waals surface area contributed by atoms with Crippen molar-refractivity contribution in [2.24, 2.45) is 0 Å². The van der Waals surface area contributed by atoms with E-state index in [1.165, 1.54) is 65.7 Å². The van der Waals surface area contributed by atoms with Gasteiger partial charge in [0.1, 0.15) is 0 Å². The van der Waals surface area contributed by atoms with Crippen LogP contribution in [0.2, 0.25) is 0 Å². The topological polar surface area (TPSA) is 22.8 Å². The minimum atomic E-state index is 0.950. The number of fused-ring (bicyclic) bond motifs is 7. The summed E-state index contributed by atoms with van der Waals surface area (Å²) in [6.07, 6.45) is 0. The molecule has 0 saturated heterocycles. The first kappa shape index (κ1) is 30.4. The molecule has 54 heavy (non-hydrogen) atoms. The first-order valence-electron chi connectivity index (χ1n) is 18.5. The average Bonchev–Trinajstić information content (AvgIpc) is 3.76. The smallest absolute Gasteiger partial charge is 0.0730 e. The standard InChI is InChI=1S/C51H33N3/c1-3-15-35(16-4-1)45-32-39(33-46(52-45)36-17-5-2-6-18-36)53-48-23-11-9-21-41(48)43-30-37(26-28-50(43)53)38-27-29-51-44(31-38)42-22-10-12-24-49(42)54(51)47-25-13-19-34-14-7-8-20-40(34)47/h1-33H. The fourth-order valence-electron chi connectivity index (χ4n) is 8.40. The fourth-order valence-corrected chi connectivity index (χ4v) is 8.40. The van der Waals surface area contributed by atoms with E-state index >= 15 is 0 Å². The van der Waals surface area contributed by atoms with Crippen LogP contribution in [0.4, 0.5) is 0 Å². The first-order valence-corrected chi connectivity index (χ1v) is 18.5. The second-order valence-electron chi connectivity index (χ2n) is 14.0. The van der Waals surface area contributed by atoms with E-state index in [2.05, 4.69) is 209 Å². The van der Waals surface area contributed by atoms with E-state index in [0.717, 1.165) is 33.7 Å². The fraction of sp³-hybridized carbons (Fsp3) is 0. The lowest BCUT2D eigenvalue weighted by Gasteiger charge is -2.13. The molecular formula is C51H33N3. The van der Waals surface area contributed by atoms with Gasteiger partial charge in [0.2, 0.25) is 0 Å². The van der Waals surface area contributed by atoms with Crippen LogP contribution in [0.1, 0.15) is 0 Å². The van der Waals surface area contributed by atoms with Gasteiger partial charge in [-0.3, -0.25) is 0 Å². The van der Waals surface area contributed by atoms with Crippen LogP contribution in [0.5, 0.6) is 0 Å². The summed E-state index contributed by atoms with van der Waals surface area (Å²) >= 11 is 0. The van der Waals surface area contributed by atoms with Crippen molar-refractivity contribution in [3.63, 3.8) is 0 Å². The maximum atomic E-state index is 5.16. The predicted octanol–water partition coefficient (Wildman–Crippen LogP) is 13.4. The Bertz CT molecular complexity index is 3140. The van der Waals surface area contributed by atoms with Crippen LogP contribution in [0.3, 0.4) is 0 Å². The second-order valence-corrected chi connectivity index (χ2v) is 14.0. The third-order valence-electron chi connectivity index (χ3n) is 10.9. The molecular weight excluding hydrogens is 655 g/mol. The minimum absolute atomic E-state index is 0.950. The first-order chi connectivity index (χ1) is 26.8. The van der Waals surface area contributed by atoms with Crippen molar-refractivity contribution in [1.82, 2.24) is 14.1 Å². The van der Waals surface area contributed by atoms with Crippen LogP contribution < -0.4 is 0 Å². The van der Waals surface area contributed by atoms with Crippen molar-refractivity contribution in [2.45, 2.75) is 0 Å². The lowest BCUT2D eigenvalue weighted by Crippen LogP contribution is -1.98.